The molecule has 0 bridgehead atoms. The van der Waals surface area contributed by atoms with Crippen molar-refractivity contribution in [1.82, 2.24) is 5.32 Å². The molecule has 2 rings (SSSR count). The van der Waals surface area contributed by atoms with E-state index in [1.54, 1.807) is 0 Å². The topological polar surface area (TPSA) is 32.3 Å². The van der Waals surface area contributed by atoms with Crippen molar-refractivity contribution in [3.8, 4) is 0 Å². The van der Waals surface area contributed by atoms with Crippen molar-refractivity contribution in [2.75, 3.05) is 31.1 Å². The van der Waals surface area contributed by atoms with Gasteiger partial charge in [-0.05, 0) is 12.1 Å². The van der Waals surface area contributed by atoms with E-state index in [4.69, 9.17) is 11.6 Å². The number of carbonyl (C=O) groups excluding carboxylic acids is 1. The van der Waals surface area contributed by atoms with Crippen molar-refractivity contribution in [2.24, 2.45) is 0 Å². The van der Waals surface area contributed by atoms with Crippen LogP contribution in [0.3, 0.4) is 0 Å². The number of nitrogens with one attached hydrogen (secondary N) is 1. The van der Waals surface area contributed by atoms with Gasteiger partial charge >= 0.3 is 0 Å². The molecular formula is C12H15ClN2O. The maximum Gasteiger partial charge on any atom is 0.124 e. The zero-order valence-corrected chi connectivity index (χ0v) is 9.83. The molecule has 0 aromatic heterocycles. The molecular weight excluding hydrogens is 224 g/mol. The first-order valence-electron chi connectivity index (χ1n) is 5.49. The summed E-state index contributed by atoms with van der Waals surface area (Å²) in [4.78, 5) is 13.0. The smallest absolute Gasteiger partial charge is 0.124 e. The predicted molar refractivity (Wildman–Crippen MR) is 66.3 cm³/mol. The van der Waals surface area contributed by atoms with E-state index in [1.165, 1.54) is 0 Å². The number of rotatable bonds is 3. The van der Waals surface area contributed by atoms with Crippen LogP contribution in [0.2, 0.25) is 5.02 Å². The molecule has 1 fully saturated rings. The van der Waals surface area contributed by atoms with Crippen LogP contribution in [0.1, 0.15) is 5.56 Å². The Hall–Kier alpha value is -1.06. The van der Waals surface area contributed by atoms with E-state index >= 15 is 0 Å². The van der Waals surface area contributed by atoms with Gasteiger partial charge in [-0.3, -0.25) is 0 Å². The van der Waals surface area contributed by atoms with Crippen molar-refractivity contribution in [3.63, 3.8) is 0 Å². The summed E-state index contributed by atoms with van der Waals surface area (Å²) in [5.41, 5.74) is 2.04. The number of anilines is 1. The normalized spacial score (nSPS) is 16.2. The molecule has 0 radical (unpaired) electrons. The Bertz CT molecular complexity index is 375. The van der Waals surface area contributed by atoms with Crippen LogP contribution in [0.5, 0.6) is 0 Å². The highest BCUT2D eigenvalue weighted by atomic mass is 35.5. The molecule has 0 unspecified atom stereocenters. The van der Waals surface area contributed by atoms with Crippen molar-refractivity contribution in [2.45, 2.75) is 6.42 Å². The van der Waals surface area contributed by atoms with Gasteiger partial charge in [-0.25, -0.2) is 0 Å². The molecule has 0 amide bonds. The maximum atomic E-state index is 10.7. The van der Waals surface area contributed by atoms with E-state index in [0.717, 1.165) is 43.7 Å². The summed E-state index contributed by atoms with van der Waals surface area (Å²) < 4.78 is 0. The van der Waals surface area contributed by atoms with Gasteiger partial charge in [0.25, 0.3) is 0 Å². The van der Waals surface area contributed by atoms with Crippen molar-refractivity contribution < 1.29 is 4.79 Å². The first kappa shape index (κ1) is 11.4. The van der Waals surface area contributed by atoms with Crippen molar-refractivity contribution in [3.05, 3.63) is 28.8 Å². The lowest BCUT2D eigenvalue weighted by atomic mass is 10.1. The fraction of sp³-hybridized carbons (Fsp3) is 0.417. The second-order valence-corrected chi connectivity index (χ2v) is 4.25. The van der Waals surface area contributed by atoms with Crippen LogP contribution >= 0.6 is 11.6 Å². The van der Waals surface area contributed by atoms with Gasteiger partial charge in [-0.1, -0.05) is 17.7 Å². The van der Waals surface area contributed by atoms with Crippen LogP contribution < -0.4 is 10.2 Å². The molecule has 0 saturated carbocycles. The van der Waals surface area contributed by atoms with E-state index in [0.29, 0.717) is 11.4 Å². The molecule has 0 spiro atoms. The first-order valence-corrected chi connectivity index (χ1v) is 5.87. The summed E-state index contributed by atoms with van der Waals surface area (Å²) in [7, 11) is 0. The van der Waals surface area contributed by atoms with Crippen molar-refractivity contribution in [1.29, 1.82) is 0 Å². The maximum absolute atomic E-state index is 10.7. The Morgan fingerprint density at radius 2 is 2.12 bits per heavy atom. The lowest BCUT2D eigenvalue weighted by Crippen LogP contribution is -2.43. The van der Waals surface area contributed by atoms with E-state index in [-0.39, 0.29) is 0 Å². The summed E-state index contributed by atoms with van der Waals surface area (Å²) in [6.45, 7) is 3.89. The number of nitrogens with zero attached hydrogens (tertiary/aromatic N) is 1. The average molecular weight is 239 g/mol. The minimum absolute atomic E-state index is 0.388. The molecule has 1 N–H and O–H groups in total. The molecule has 1 aliphatic rings. The highest BCUT2D eigenvalue weighted by Gasteiger charge is 2.15. The van der Waals surface area contributed by atoms with E-state index in [9.17, 15) is 4.79 Å². The van der Waals surface area contributed by atoms with Gasteiger partial charge < -0.3 is 15.0 Å². The number of hydrogen-bond acceptors (Lipinski definition) is 3. The van der Waals surface area contributed by atoms with E-state index in [2.05, 4.69) is 10.2 Å². The quantitative estimate of drug-likeness (QED) is 0.810. The second-order valence-electron chi connectivity index (χ2n) is 3.85. The predicted octanol–water partition coefficient (Wildman–Crippen LogP) is 1.49. The number of carbonyl (C=O) groups is 1. The summed E-state index contributed by atoms with van der Waals surface area (Å²) in [6.07, 6.45) is 1.30. The number of benzene rings is 1. The Kier molecular flexibility index (Phi) is 3.80. The van der Waals surface area contributed by atoms with Crippen LogP contribution in [0.25, 0.3) is 0 Å². The summed E-state index contributed by atoms with van der Waals surface area (Å²) in [5.74, 6) is 0. The van der Waals surface area contributed by atoms with Gasteiger partial charge in [0.1, 0.15) is 6.29 Å². The highest BCUT2D eigenvalue weighted by molar-refractivity contribution is 6.31. The van der Waals surface area contributed by atoms with Crippen molar-refractivity contribution >= 4 is 23.6 Å². The lowest BCUT2D eigenvalue weighted by Gasteiger charge is -2.31. The second kappa shape index (κ2) is 5.32. The van der Waals surface area contributed by atoms with Gasteiger partial charge in [0.2, 0.25) is 0 Å². The Morgan fingerprint density at radius 3 is 2.81 bits per heavy atom. The third-order valence-electron chi connectivity index (χ3n) is 2.84. The third-order valence-corrected chi connectivity index (χ3v) is 3.19. The van der Waals surface area contributed by atoms with Crippen LogP contribution in [0.15, 0.2) is 18.2 Å². The minimum atomic E-state index is 0.388. The van der Waals surface area contributed by atoms with Crippen LogP contribution in [0.4, 0.5) is 5.69 Å². The molecule has 1 heterocycles. The molecule has 0 aliphatic carbocycles. The van der Waals surface area contributed by atoms with E-state index in [1.807, 2.05) is 18.2 Å². The zero-order chi connectivity index (χ0) is 11.4. The fourth-order valence-electron chi connectivity index (χ4n) is 2.03. The molecule has 1 saturated heterocycles. The SMILES string of the molecule is O=CCc1c(Cl)cccc1N1CCNCC1. The number of piperazine rings is 1. The third kappa shape index (κ3) is 2.36. The van der Waals surface area contributed by atoms with Crippen LogP contribution in [-0.4, -0.2) is 32.5 Å². The molecule has 3 nitrogen and oxygen atoms in total. The number of aldehydes is 1. The molecule has 16 heavy (non-hydrogen) atoms. The van der Waals surface area contributed by atoms with Gasteiger partial charge in [-0.15, -0.1) is 0 Å². The lowest BCUT2D eigenvalue weighted by molar-refractivity contribution is -0.107. The molecule has 1 aliphatic heterocycles. The average Bonchev–Trinajstić information content (AvgIpc) is 2.33. The van der Waals surface area contributed by atoms with E-state index < -0.39 is 0 Å². The number of hydrogen-bond donors (Lipinski definition) is 1. The number of halogens is 1. The highest BCUT2D eigenvalue weighted by Crippen LogP contribution is 2.27. The van der Waals surface area contributed by atoms with Gasteiger partial charge in [0, 0.05) is 48.9 Å². The molecule has 1 aromatic rings. The van der Waals surface area contributed by atoms with Gasteiger partial charge in [0.05, 0.1) is 0 Å². The summed E-state index contributed by atoms with van der Waals surface area (Å²) in [5, 5.41) is 3.99. The Balaban J connectivity index is 2.30. The largest absolute Gasteiger partial charge is 0.369 e. The summed E-state index contributed by atoms with van der Waals surface area (Å²) in [6, 6.07) is 5.82. The Morgan fingerprint density at radius 1 is 1.38 bits per heavy atom. The first-order chi connectivity index (χ1) is 7.83. The fourth-order valence-corrected chi connectivity index (χ4v) is 2.28. The van der Waals surface area contributed by atoms with Gasteiger partial charge in [-0.2, -0.15) is 0 Å². The van der Waals surface area contributed by atoms with Crippen LogP contribution in [-0.2, 0) is 11.2 Å². The monoisotopic (exact) mass is 238 g/mol. The Labute approximate surface area is 100 Å². The van der Waals surface area contributed by atoms with Crippen LogP contribution in [0, 0.1) is 0 Å². The molecule has 1 aromatic carbocycles. The van der Waals surface area contributed by atoms with Gasteiger partial charge in [0.15, 0.2) is 0 Å². The molecule has 86 valence electrons. The molecule has 4 heteroatoms. The zero-order valence-electron chi connectivity index (χ0n) is 9.08. The standard InChI is InChI=1S/C12H15ClN2O/c13-11-2-1-3-12(10(11)4-9-16)15-7-5-14-6-8-15/h1-3,9,14H,4-8H2. The summed E-state index contributed by atoms with van der Waals surface area (Å²) >= 11 is 6.13. The molecule has 0 atom stereocenters. The minimum Gasteiger partial charge on any atom is -0.369 e.